The van der Waals surface area contributed by atoms with Gasteiger partial charge in [-0.05, 0) is 25.5 Å². The van der Waals surface area contributed by atoms with Gasteiger partial charge in [0.1, 0.15) is 9.84 Å². The quantitative estimate of drug-likeness (QED) is 0.826. The van der Waals surface area contributed by atoms with Gasteiger partial charge in [0.05, 0.1) is 22.2 Å². The predicted octanol–water partition coefficient (Wildman–Crippen LogP) is 1.34. The van der Waals surface area contributed by atoms with Gasteiger partial charge in [-0.1, -0.05) is 11.6 Å². The molecule has 0 bridgehead atoms. The number of carbonyl (C=O) groups excluding carboxylic acids is 1. The second-order valence-electron chi connectivity index (χ2n) is 4.40. The molecule has 3 N–H and O–H groups in total. The van der Waals surface area contributed by atoms with E-state index in [2.05, 4.69) is 5.32 Å². The maximum Gasteiger partial charge on any atom is 0.237 e. The summed E-state index contributed by atoms with van der Waals surface area (Å²) in [5.74, 6) is -0.457. The highest BCUT2D eigenvalue weighted by Gasteiger charge is 2.19. The maximum absolute atomic E-state index is 11.8. The number of rotatable bonds is 6. The van der Waals surface area contributed by atoms with Crippen molar-refractivity contribution >= 4 is 38.7 Å². The first-order valence-corrected chi connectivity index (χ1v) is 8.93. The number of thiophene rings is 1. The number of amides is 1. The first-order valence-electron chi connectivity index (χ1n) is 5.68. The lowest BCUT2D eigenvalue weighted by atomic mass is 10.2. The Morgan fingerprint density at radius 3 is 2.63 bits per heavy atom. The van der Waals surface area contributed by atoms with E-state index in [0.717, 1.165) is 11.1 Å². The van der Waals surface area contributed by atoms with E-state index in [-0.39, 0.29) is 24.1 Å². The lowest BCUT2D eigenvalue weighted by molar-refractivity contribution is -0.123. The molecule has 1 aromatic rings. The van der Waals surface area contributed by atoms with Crippen LogP contribution in [0.5, 0.6) is 0 Å². The van der Waals surface area contributed by atoms with Crippen LogP contribution in [0.25, 0.3) is 0 Å². The molecule has 0 saturated carbocycles. The Kier molecular flexibility index (Phi) is 5.79. The normalized spacial score (nSPS) is 14.9. The van der Waals surface area contributed by atoms with Gasteiger partial charge in [0.2, 0.25) is 5.91 Å². The summed E-state index contributed by atoms with van der Waals surface area (Å²) >= 11 is 7.20. The van der Waals surface area contributed by atoms with Crippen molar-refractivity contribution in [1.29, 1.82) is 0 Å². The van der Waals surface area contributed by atoms with Gasteiger partial charge in [0, 0.05) is 11.1 Å². The molecule has 0 aliphatic heterocycles. The Balaban J connectivity index is 2.50. The van der Waals surface area contributed by atoms with E-state index < -0.39 is 15.9 Å². The average Bonchev–Trinajstić information content (AvgIpc) is 2.71. The first-order chi connectivity index (χ1) is 8.69. The molecule has 108 valence electrons. The number of nitrogens with one attached hydrogen (secondary N) is 1. The number of carbonyl (C=O) groups is 1. The molecule has 0 aromatic carbocycles. The summed E-state index contributed by atoms with van der Waals surface area (Å²) in [4.78, 5) is 12.7. The van der Waals surface area contributed by atoms with E-state index in [0.29, 0.717) is 4.34 Å². The lowest BCUT2D eigenvalue weighted by Crippen LogP contribution is -2.42. The molecule has 0 fully saturated rings. The second-order valence-corrected chi connectivity index (χ2v) is 8.40. The van der Waals surface area contributed by atoms with Gasteiger partial charge >= 0.3 is 0 Å². The molecular formula is C11H17ClN2O3S2. The highest BCUT2D eigenvalue weighted by atomic mass is 35.5. The van der Waals surface area contributed by atoms with Crippen molar-refractivity contribution in [1.82, 2.24) is 5.32 Å². The van der Waals surface area contributed by atoms with Crippen LogP contribution in [0.2, 0.25) is 4.34 Å². The fraction of sp³-hybridized carbons (Fsp3) is 0.545. The van der Waals surface area contributed by atoms with E-state index in [9.17, 15) is 13.2 Å². The van der Waals surface area contributed by atoms with Gasteiger partial charge < -0.3 is 11.1 Å². The van der Waals surface area contributed by atoms with E-state index in [1.807, 2.05) is 13.0 Å². The Hall–Kier alpha value is -0.630. The Morgan fingerprint density at radius 2 is 2.16 bits per heavy atom. The van der Waals surface area contributed by atoms with E-state index >= 15 is 0 Å². The molecular weight excluding hydrogens is 308 g/mol. The molecule has 1 rings (SSSR count). The zero-order chi connectivity index (χ0) is 14.6. The average molecular weight is 325 g/mol. The van der Waals surface area contributed by atoms with Crippen LogP contribution < -0.4 is 11.1 Å². The summed E-state index contributed by atoms with van der Waals surface area (Å²) in [5, 5.41) is 2.74. The third kappa shape index (κ3) is 5.90. The number of hydrogen-bond donors (Lipinski definition) is 2. The molecule has 0 radical (unpaired) electrons. The van der Waals surface area contributed by atoms with Crippen LogP contribution in [0.1, 0.15) is 24.3 Å². The van der Waals surface area contributed by atoms with E-state index in [1.165, 1.54) is 11.3 Å². The zero-order valence-corrected chi connectivity index (χ0v) is 13.1. The maximum atomic E-state index is 11.8. The summed E-state index contributed by atoms with van der Waals surface area (Å²) in [5.41, 5.74) is 5.66. The number of halogens is 1. The van der Waals surface area contributed by atoms with Crippen LogP contribution in [-0.2, 0) is 14.6 Å². The molecule has 1 heterocycles. The van der Waals surface area contributed by atoms with Crippen LogP contribution in [0.3, 0.4) is 0 Å². The van der Waals surface area contributed by atoms with Crippen molar-refractivity contribution < 1.29 is 13.2 Å². The summed E-state index contributed by atoms with van der Waals surface area (Å²) < 4.78 is 22.7. The van der Waals surface area contributed by atoms with Crippen LogP contribution in [0.15, 0.2) is 12.1 Å². The molecule has 19 heavy (non-hydrogen) atoms. The van der Waals surface area contributed by atoms with Gasteiger partial charge in [-0.25, -0.2) is 8.42 Å². The lowest BCUT2D eigenvalue weighted by Gasteiger charge is -2.16. The molecule has 8 heteroatoms. The van der Waals surface area contributed by atoms with Crippen molar-refractivity contribution in [3.8, 4) is 0 Å². The van der Waals surface area contributed by atoms with Crippen LogP contribution in [0, 0.1) is 0 Å². The highest BCUT2D eigenvalue weighted by molar-refractivity contribution is 7.90. The third-order valence-electron chi connectivity index (χ3n) is 2.52. The number of nitrogens with two attached hydrogens (primary N) is 1. The SMILES string of the molecule is CC(NC(=O)C(N)CCS(C)(=O)=O)c1ccc(Cl)s1. The molecule has 0 saturated heterocycles. The zero-order valence-electron chi connectivity index (χ0n) is 10.7. The number of sulfone groups is 1. The summed E-state index contributed by atoms with van der Waals surface area (Å²) in [6.45, 7) is 1.82. The standard InChI is InChI=1S/C11H17ClN2O3S2/c1-7(9-3-4-10(12)18-9)14-11(15)8(13)5-6-19(2,16)17/h3-4,7-8H,5-6,13H2,1-2H3,(H,14,15). The largest absolute Gasteiger partial charge is 0.347 e. The smallest absolute Gasteiger partial charge is 0.237 e. The third-order valence-corrected chi connectivity index (χ3v) is 4.91. The summed E-state index contributed by atoms with van der Waals surface area (Å²) in [7, 11) is -3.11. The van der Waals surface area contributed by atoms with Gasteiger partial charge in [-0.3, -0.25) is 4.79 Å². The topological polar surface area (TPSA) is 89.3 Å². The van der Waals surface area contributed by atoms with Crippen molar-refractivity contribution in [3.63, 3.8) is 0 Å². The van der Waals surface area contributed by atoms with Gasteiger partial charge in [0.15, 0.2) is 0 Å². The van der Waals surface area contributed by atoms with Gasteiger partial charge in [-0.15, -0.1) is 11.3 Å². The highest BCUT2D eigenvalue weighted by Crippen LogP contribution is 2.26. The molecule has 2 atom stereocenters. The molecule has 0 aliphatic rings. The Labute approximate surface area is 122 Å². The fourth-order valence-electron chi connectivity index (χ4n) is 1.42. The Morgan fingerprint density at radius 1 is 1.53 bits per heavy atom. The second kappa shape index (κ2) is 6.69. The first kappa shape index (κ1) is 16.4. The van der Waals surface area contributed by atoms with E-state index in [1.54, 1.807) is 6.07 Å². The summed E-state index contributed by atoms with van der Waals surface area (Å²) in [6.07, 6.45) is 1.23. The molecule has 1 aromatic heterocycles. The molecule has 2 unspecified atom stereocenters. The van der Waals surface area contributed by atoms with Crippen LogP contribution in [-0.4, -0.2) is 32.4 Å². The van der Waals surface area contributed by atoms with Crippen LogP contribution in [0.4, 0.5) is 0 Å². The molecule has 0 aliphatic carbocycles. The monoisotopic (exact) mass is 324 g/mol. The molecule has 0 spiro atoms. The minimum Gasteiger partial charge on any atom is -0.347 e. The van der Waals surface area contributed by atoms with Crippen molar-refractivity contribution in [3.05, 3.63) is 21.3 Å². The Bertz CT molecular complexity index is 542. The fourth-order valence-corrected chi connectivity index (χ4v) is 3.17. The summed E-state index contributed by atoms with van der Waals surface area (Å²) in [6, 6.07) is 2.57. The van der Waals surface area contributed by atoms with Gasteiger partial charge in [-0.2, -0.15) is 0 Å². The molecule has 1 amide bonds. The van der Waals surface area contributed by atoms with Crippen molar-refractivity contribution in [2.45, 2.75) is 25.4 Å². The van der Waals surface area contributed by atoms with Crippen molar-refractivity contribution in [2.24, 2.45) is 5.73 Å². The molecule has 5 nitrogen and oxygen atoms in total. The predicted molar refractivity (Wildman–Crippen MR) is 78.2 cm³/mol. The number of hydrogen-bond acceptors (Lipinski definition) is 5. The van der Waals surface area contributed by atoms with Crippen molar-refractivity contribution in [2.75, 3.05) is 12.0 Å². The minimum atomic E-state index is -3.11. The van der Waals surface area contributed by atoms with E-state index in [4.69, 9.17) is 17.3 Å². The van der Waals surface area contributed by atoms with Gasteiger partial charge in [0.25, 0.3) is 0 Å². The van der Waals surface area contributed by atoms with Crippen LogP contribution >= 0.6 is 22.9 Å². The minimum absolute atomic E-state index is 0.0964.